The first kappa shape index (κ1) is 25.1. The van der Waals surface area contributed by atoms with Crippen LogP contribution in [0.4, 0.5) is 0 Å². The average Bonchev–Trinajstić information content (AvgIpc) is 3.31. The number of hydrogen-bond acceptors (Lipinski definition) is 9. The smallest absolute Gasteiger partial charge is 0.340 e. The van der Waals surface area contributed by atoms with E-state index >= 15 is 0 Å². The van der Waals surface area contributed by atoms with Crippen LogP contribution in [-0.2, 0) is 32.1 Å². The number of pyridine rings is 1. The number of hydrogen-bond donors (Lipinski definition) is 3. The fraction of sp³-hybridized carbons (Fsp3) is 0.308. The topological polar surface area (TPSA) is 150 Å². The molecule has 2 aliphatic heterocycles. The van der Waals surface area contributed by atoms with Gasteiger partial charge in [-0.2, -0.15) is 0 Å². The highest BCUT2D eigenvalue weighted by molar-refractivity contribution is 5.99. The summed E-state index contributed by atoms with van der Waals surface area (Å²) in [6.07, 6.45) is 2.12. The number of allylic oxidation sites excluding steroid dienone is 2. The zero-order valence-electron chi connectivity index (χ0n) is 20.1. The Labute approximate surface area is 207 Å². The van der Waals surface area contributed by atoms with Crippen LogP contribution in [0.25, 0.3) is 16.5 Å². The molecule has 1 aromatic heterocycles. The first-order valence-corrected chi connectivity index (χ1v) is 11.3. The van der Waals surface area contributed by atoms with Gasteiger partial charge in [-0.05, 0) is 43.0 Å². The fourth-order valence-electron chi connectivity index (χ4n) is 4.28. The Bertz CT molecular complexity index is 1340. The second kappa shape index (κ2) is 10.3. The maximum Gasteiger partial charge on any atom is 0.340 e. The van der Waals surface area contributed by atoms with Gasteiger partial charge in [0.1, 0.15) is 6.61 Å². The van der Waals surface area contributed by atoms with Crippen LogP contribution >= 0.6 is 0 Å². The van der Waals surface area contributed by atoms with Crippen molar-refractivity contribution in [2.75, 3.05) is 19.9 Å². The first-order chi connectivity index (χ1) is 17.2. The van der Waals surface area contributed by atoms with Crippen molar-refractivity contribution in [3.8, 4) is 11.5 Å². The number of benzene rings is 1. The lowest BCUT2D eigenvalue weighted by atomic mass is 9.91. The van der Waals surface area contributed by atoms with Crippen molar-refractivity contribution in [2.45, 2.75) is 32.9 Å². The molecule has 10 nitrogen and oxygen atoms in total. The normalized spacial score (nSPS) is 17.3. The molecule has 2 aliphatic rings. The molecule has 1 aromatic carbocycles. The van der Waals surface area contributed by atoms with Crippen LogP contribution in [-0.4, -0.2) is 53.8 Å². The molecular weight excluding hydrogens is 466 g/mol. The standard InChI is InChI=1S/C26H27N3O7/c1-4-5-15-18(10-28-23(31)9-27)16-7-21-22(36-12-35-21)8-20(16)29-24(15)13(2)6-17-19(14(3)30)11-34-26(33)25(17)32/h4,6-8,25,32H,1,5,9-12,27H2,2-3H3,(H,28,31)/b13-6+/t25-/m0/s1. The van der Waals surface area contributed by atoms with Gasteiger partial charge in [-0.1, -0.05) is 12.2 Å². The number of amides is 1. The van der Waals surface area contributed by atoms with E-state index in [9.17, 15) is 19.5 Å². The summed E-state index contributed by atoms with van der Waals surface area (Å²) >= 11 is 0. The summed E-state index contributed by atoms with van der Waals surface area (Å²) in [4.78, 5) is 41.0. The second-order valence-corrected chi connectivity index (χ2v) is 8.44. The fourth-order valence-corrected chi connectivity index (χ4v) is 4.28. The number of ether oxygens (including phenoxy) is 3. The van der Waals surface area contributed by atoms with Crippen LogP contribution in [0.15, 0.2) is 42.0 Å². The molecule has 0 bridgehead atoms. The molecule has 0 saturated heterocycles. The van der Waals surface area contributed by atoms with Crippen LogP contribution < -0.4 is 20.5 Å². The lowest BCUT2D eigenvalue weighted by Gasteiger charge is -2.22. The van der Waals surface area contributed by atoms with Crippen LogP contribution in [0.5, 0.6) is 11.5 Å². The molecule has 1 atom stereocenters. The number of cyclic esters (lactones) is 1. The minimum absolute atomic E-state index is 0.0895. The zero-order valence-corrected chi connectivity index (χ0v) is 20.1. The number of fused-ring (bicyclic) bond motifs is 2. The average molecular weight is 494 g/mol. The van der Waals surface area contributed by atoms with Gasteiger partial charge in [0, 0.05) is 29.1 Å². The van der Waals surface area contributed by atoms with E-state index in [2.05, 4.69) is 11.9 Å². The van der Waals surface area contributed by atoms with E-state index in [1.165, 1.54) is 6.92 Å². The highest BCUT2D eigenvalue weighted by Crippen LogP contribution is 2.39. The molecule has 4 rings (SSSR count). The summed E-state index contributed by atoms with van der Waals surface area (Å²) in [6.45, 7) is 6.88. The SMILES string of the molecule is C=CCc1c(/C(C)=C/C2=C(C(C)=O)COC(=O)[C@H]2O)nc2cc3c(cc2c1CNC(=O)CN)OCO3. The number of ketones is 1. The molecular formula is C26H27N3O7. The zero-order chi connectivity index (χ0) is 26.0. The molecule has 10 heteroatoms. The highest BCUT2D eigenvalue weighted by Gasteiger charge is 2.31. The van der Waals surface area contributed by atoms with Crippen molar-refractivity contribution >= 4 is 34.1 Å². The molecule has 188 valence electrons. The minimum atomic E-state index is -1.59. The number of nitrogens with zero attached hydrogens (tertiary/aromatic N) is 1. The van der Waals surface area contributed by atoms with Gasteiger partial charge in [-0.25, -0.2) is 9.78 Å². The summed E-state index contributed by atoms with van der Waals surface area (Å²) in [5.74, 6) is -0.339. The van der Waals surface area contributed by atoms with Gasteiger partial charge in [0.2, 0.25) is 12.7 Å². The van der Waals surface area contributed by atoms with E-state index in [4.69, 9.17) is 24.9 Å². The van der Waals surface area contributed by atoms with Crippen molar-refractivity contribution in [3.63, 3.8) is 0 Å². The quantitative estimate of drug-likeness (QED) is 0.367. The van der Waals surface area contributed by atoms with Crippen molar-refractivity contribution in [2.24, 2.45) is 5.73 Å². The largest absolute Gasteiger partial charge is 0.458 e. The molecule has 0 radical (unpaired) electrons. The Hall–Kier alpha value is -4.02. The molecule has 1 amide bonds. The number of Topliss-reactive ketones (excluding diaryl/α,β-unsaturated/α-hetero) is 1. The van der Waals surface area contributed by atoms with Gasteiger partial charge >= 0.3 is 5.97 Å². The Balaban J connectivity index is 1.95. The summed E-state index contributed by atoms with van der Waals surface area (Å²) in [5.41, 5.74) is 9.18. The van der Waals surface area contributed by atoms with Crippen molar-refractivity contribution in [3.05, 3.63) is 58.8 Å². The third-order valence-corrected chi connectivity index (χ3v) is 6.09. The summed E-state index contributed by atoms with van der Waals surface area (Å²) in [5, 5.41) is 14.1. The third-order valence-electron chi connectivity index (χ3n) is 6.09. The molecule has 36 heavy (non-hydrogen) atoms. The number of aromatic nitrogens is 1. The molecule has 4 N–H and O–H groups in total. The van der Waals surface area contributed by atoms with E-state index < -0.39 is 12.1 Å². The third kappa shape index (κ3) is 4.73. The van der Waals surface area contributed by atoms with Gasteiger partial charge in [0.05, 0.1) is 17.8 Å². The Morgan fingerprint density at radius 3 is 2.61 bits per heavy atom. The van der Waals surface area contributed by atoms with E-state index in [0.29, 0.717) is 34.7 Å². The molecule has 2 aromatic rings. The number of nitrogens with one attached hydrogen (secondary N) is 1. The van der Waals surface area contributed by atoms with Gasteiger partial charge in [0.15, 0.2) is 23.4 Å². The van der Waals surface area contributed by atoms with Crippen LogP contribution in [0, 0.1) is 0 Å². The van der Waals surface area contributed by atoms with Gasteiger partial charge in [0.25, 0.3) is 0 Å². The van der Waals surface area contributed by atoms with E-state index in [1.54, 1.807) is 25.1 Å². The van der Waals surface area contributed by atoms with Crippen molar-refractivity contribution in [1.82, 2.24) is 10.3 Å². The number of carbonyl (C=O) groups excluding carboxylic acids is 3. The number of nitrogens with two attached hydrogens (primary N) is 1. The van der Waals surface area contributed by atoms with Crippen molar-refractivity contribution in [1.29, 1.82) is 0 Å². The molecule has 0 fully saturated rings. The number of aliphatic hydroxyl groups excluding tert-OH is 1. The summed E-state index contributed by atoms with van der Waals surface area (Å²) in [7, 11) is 0. The van der Waals surface area contributed by atoms with Crippen LogP contribution in [0.3, 0.4) is 0 Å². The number of rotatable bonds is 8. The number of carbonyl (C=O) groups is 3. The monoisotopic (exact) mass is 493 g/mol. The molecule has 0 aliphatic carbocycles. The van der Waals surface area contributed by atoms with Crippen LogP contribution in [0.2, 0.25) is 0 Å². The van der Waals surface area contributed by atoms with Crippen LogP contribution in [0.1, 0.15) is 30.7 Å². The maximum atomic E-state index is 12.2. The van der Waals surface area contributed by atoms with Crippen molar-refractivity contribution < 1.29 is 33.7 Å². The summed E-state index contributed by atoms with van der Waals surface area (Å²) < 4.78 is 16.0. The lowest BCUT2D eigenvalue weighted by molar-refractivity contribution is -0.152. The Morgan fingerprint density at radius 2 is 1.94 bits per heavy atom. The predicted octanol–water partition coefficient (Wildman–Crippen LogP) is 1.47. The van der Waals surface area contributed by atoms with E-state index in [0.717, 1.165) is 16.5 Å². The van der Waals surface area contributed by atoms with Gasteiger partial charge in [-0.15, -0.1) is 6.58 Å². The molecule has 0 spiro atoms. The Morgan fingerprint density at radius 1 is 1.22 bits per heavy atom. The molecule has 0 unspecified atom stereocenters. The van der Waals surface area contributed by atoms with E-state index in [1.807, 2.05) is 6.07 Å². The summed E-state index contributed by atoms with van der Waals surface area (Å²) in [6, 6.07) is 3.58. The number of aliphatic hydroxyl groups is 1. The first-order valence-electron chi connectivity index (χ1n) is 11.3. The maximum absolute atomic E-state index is 12.2. The molecule has 3 heterocycles. The minimum Gasteiger partial charge on any atom is -0.458 e. The second-order valence-electron chi connectivity index (χ2n) is 8.44. The molecule has 0 saturated carbocycles. The van der Waals surface area contributed by atoms with Gasteiger partial charge in [-0.3, -0.25) is 9.59 Å². The highest BCUT2D eigenvalue weighted by atomic mass is 16.7. The number of esters is 1. The Kier molecular flexibility index (Phi) is 7.18. The lowest BCUT2D eigenvalue weighted by Crippen LogP contribution is -2.33. The van der Waals surface area contributed by atoms with Gasteiger partial charge < -0.3 is 30.4 Å². The predicted molar refractivity (Wildman–Crippen MR) is 131 cm³/mol. The van der Waals surface area contributed by atoms with E-state index in [-0.39, 0.29) is 49.3 Å².